The number of halogens is 3. The Hall–Kier alpha value is -1.39. The van der Waals surface area contributed by atoms with Gasteiger partial charge in [0.05, 0.1) is 0 Å². The van der Waals surface area contributed by atoms with Gasteiger partial charge in [0, 0.05) is 0 Å². The van der Waals surface area contributed by atoms with E-state index in [1.54, 1.807) is 19.9 Å². The van der Waals surface area contributed by atoms with Crippen molar-refractivity contribution < 1.29 is 13.2 Å². The van der Waals surface area contributed by atoms with Gasteiger partial charge in [-0.15, -0.1) is 4.91 Å². The molecule has 1 unspecified atom stereocenters. The molecule has 1 aromatic carbocycles. The highest BCUT2D eigenvalue weighted by Gasteiger charge is 2.42. The van der Waals surface area contributed by atoms with Crippen molar-refractivity contribution in [3.05, 3.63) is 39.8 Å². The van der Waals surface area contributed by atoms with Crippen LogP contribution in [-0.2, 0) is 0 Å². The molecule has 0 heterocycles. The monoisotopic (exact) mass is 217 g/mol. The summed E-state index contributed by atoms with van der Waals surface area (Å²) in [6.07, 6.45) is -4.62. The summed E-state index contributed by atoms with van der Waals surface area (Å²) in [4.78, 5) is 10.2. The van der Waals surface area contributed by atoms with Crippen molar-refractivity contribution >= 4 is 0 Å². The molecule has 0 saturated heterocycles. The number of hydrogen-bond donors (Lipinski definition) is 0. The second-order valence-corrected chi connectivity index (χ2v) is 3.39. The summed E-state index contributed by atoms with van der Waals surface area (Å²) in [5.74, 6) is 0. The standard InChI is InChI=1S/C10H10F3NO/c1-6-3-4-8(5-7(6)2)9(14-15)10(11,12)13/h3-5,9H,1-2H3. The molecule has 0 spiro atoms. The second kappa shape index (κ2) is 4.00. The van der Waals surface area contributed by atoms with E-state index in [4.69, 9.17) is 0 Å². The average molecular weight is 217 g/mol. The van der Waals surface area contributed by atoms with Crippen LogP contribution in [0.3, 0.4) is 0 Å². The molecule has 0 aliphatic heterocycles. The van der Waals surface area contributed by atoms with E-state index in [9.17, 15) is 18.1 Å². The van der Waals surface area contributed by atoms with Crippen molar-refractivity contribution in [1.29, 1.82) is 0 Å². The lowest BCUT2D eigenvalue weighted by atomic mass is 10.0. The molecule has 5 heteroatoms. The van der Waals surface area contributed by atoms with Crippen molar-refractivity contribution in [2.75, 3.05) is 0 Å². The van der Waals surface area contributed by atoms with Gasteiger partial charge in [-0.2, -0.15) is 13.2 Å². The maximum absolute atomic E-state index is 12.3. The third-order valence-electron chi connectivity index (χ3n) is 2.26. The Balaban J connectivity index is 3.14. The predicted octanol–water partition coefficient (Wildman–Crippen LogP) is 3.67. The Morgan fingerprint density at radius 1 is 1.20 bits per heavy atom. The van der Waals surface area contributed by atoms with E-state index in [2.05, 4.69) is 5.18 Å². The minimum absolute atomic E-state index is 0.111. The molecule has 0 aromatic heterocycles. The average Bonchev–Trinajstić information content (AvgIpc) is 2.10. The second-order valence-electron chi connectivity index (χ2n) is 3.39. The number of nitroso groups, excluding NO2 is 1. The van der Waals surface area contributed by atoms with Gasteiger partial charge in [-0.1, -0.05) is 23.4 Å². The van der Waals surface area contributed by atoms with Crippen molar-refractivity contribution in [2.45, 2.75) is 26.1 Å². The molecule has 0 aliphatic carbocycles. The Labute approximate surface area is 85.1 Å². The SMILES string of the molecule is Cc1ccc(C(N=O)C(F)(F)F)cc1C. The third-order valence-corrected chi connectivity index (χ3v) is 2.26. The normalized spacial score (nSPS) is 13.7. The Kier molecular flexibility index (Phi) is 3.12. The van der Waals surface area contributed by atoms with E-state index in [0.717, 1.165) is 5.56 Å². The van der Waals surface area contributed by atoms with Crippen LogP contribution in [0, 0.1) is 18.8 Å². The Morgan fingerprint density at radius 3 is 2.20 bits per heavy atom. The first-order chi connectivity index (χ1) is 6.86. The number of alkyl halides is 3. The quantitative estimate of drug-likeness (QED) is 0.695. The first kappa shape index (κ1) is 11.7. The van der Waals surface area contributed by atoms with E-state index in [-0.39, 0.29) is 5.56 Å². The fraction of sp³-hybridized carbons (Fsp3) is 0.400. The number of nitrogens with zero attached hydrogens (tertiary/aromatic N) is 1. The van der Waals surface area contributed by atoms with Gasteiger partial charge in [0.15, 0.2) is 0 Å². The number of aryl methyl sites for hydroxylation is 2. The van der Waals surface area contributed by atoms with Crippen LogP contribution in [0.2, 0.25) is 0 Å². The van der Waals surface area contributed by atoms with Crippen molar-refractivity contribution in [3.63, 3.8) is 0 Å². The summed E-state index contributed by atoms with van der Waals surface area (Å²) in [6, 6.07) is 1.91. The topological polar surface area (TPSA) is 29.4 Å². The van der Waals surface area contributed by atoms with Gasteiger partial charge >= 0.3 is 6.18 Å². The van der Waals surface area contributed by atoms with Crippen LogP contribution in [0.4, 0.5) is 13.2 Å². The fourth-order valence-corrected chi connectivity index (χ4v) is 1.24. The van der Waals surface area contributed by atoms with Gasteiger partial charge < -0.3 is 0 Å². The molecule has 1 rings (SSSR count). The summed E-state index contributed by atoms with van der Waals surface area (Å²) in [7, 11) is 0. The zero-order valence-corrected chi connectivity index (χ0v) is 8.30. The van der Waals surface area contributed by atoms with Crippen LogP contribution < -0.4 is 0 Å². The molecule has 15 heavy (non-hydrogen) atoms. The molecule has 0 amide bonds. The number of hydrogen-bond acceptors (Lipinski definition) is 2. The molecule has 1 atom stereocenters. The molecule has 2 nitrogen and oxygen atoms in total. The van der Waals surface area contributed by atoms with E-state index in [1.807, 2.05) is 0 Å². The molecule has 0 N–H and O–H groups in total. The Morgan fingerprint density at radius 2 is 1.80 bits per heavy atom. The van der Waals surface area contributed by atoms with Crippen molar-refractivity contribution in [2.24, 2.45) is 5.18 Å². The summed E-state index contributed by atoms with van der Waals surface area (Å²) >= 11 is 0. The number of rotatable bonds is 2. The smallest absolute Gasteiger partial charge is 0.168 e. The van der Waals surface area contributed by atoms with E-state index < -0.39 is 12.2 Å². The molecule has 0 aliphatic rings. The van der Waals surface area contributed by atoms with Crippen LogP contribution in [-0.4, -0.2) is 6.18 Å². The predicted molar refractivity (Wildman–Crippen MR) is 50.5 cm³/mol. The zero-order chi connectivity index (χ0) is 11.6. The van der Waals surface area contributed by atoms with Gasteiger partial charge in [0.25, 0.3) is 0 Å². The third kappa shape index (κ3) is 2.55. The van der Waals surface area contributed by atoms with Crippen LogP contribution >= 0.6 is 0 Å². The summed E-state index contributed by atoms with van der Waals surface area (Å²) in [6.45, 7) is 3.48. The van der Waals surface area contributed by atoms with Crippen LogP contribution in [0.1, 0.15) is 22.7 Å². The minimum atomic E-state index is -4.62. The highest BCUT2D eigenvalue weighted by Crippen LogP contribution is 2.36. The van der Waals surface area contributed by atoms with Gasteiger partial charge in [0.2, 0.25) is 6.04 Å². The molecular formula is C10H10F3NO. The Bertz CT molecular complexity index is 373. The van der Waals surface area contributed by atoms with Gasteiger partial charge in [-0.25, -0.2) is 0 Å². The molecule has 0 radical (unpaired) electrons. The molecule has 82 valence electrons. The summed E-state index contributed by atoms with van der Waals surface area (Å²) in [5.41, 5.74) is 1.48. The largest absolute Gasteiger partial charge is 0.418 e. The molecule has 0 bridgehead atoms. The molecule has 0 fully saturated rings. The summed E-state index contributed by atoms with van der Waals surface area (Å²) < 4.78 is 37.0. The molecular weight excluding hydrogens is 207 g/mol. The first-order valence-electron chi connectivity index (χ1n) is 4.32. The highest BCUT2D eigenvalue weighted by molar-refractivity contribution is 5.32. The molecule has 1 aromatic rings. The van der Waals surface area contributed by atoms with Crippen molar-refractivity contribution in [3.8, 4) is 0 Å². The lowest BCUT2D eigenvalue weighted by Crippen LogP contribution is -2.18. The van der Waals surface area contributed by atoms with Gasteiger partial charge in [-0.05, 0) is 30.5 Å². The van der Waals surface area contributed by atoms with Crippen LogP contribution in [0.5, 0.6) is 0 Å². The maximum atomic E-state index is 12.3. The maximum Gasteiger partial charge on any atom is 0.418 e. The lowest BCUT2D eigenvalue weighted by molar-refractivity contribution is -0.148. The van der Waals surface area contributed by atoms with Gasteiger partial charge in [0.1, 0.15) is 0 Å². The fourth-order valence-electron chi connectivity index (χ4n) is 1.24. The summed E-state index contributed by atoms with van der Waals surface area (Å²) in [5, 5.41) is 2.13. The van der Waals surface area contributed by atoms with E-state index in [1.165, 1.54) is 12.1 Å². The highest BCUT2D eigenvalue weighted by atomic mass is 19.4. The van der Waals surface area contributed by atoms with E-state index in [0.29, 0.717) is 5.56 Å². The first-order valence-corrected chi connectivity index (χ1v) is 4.32. The van der Waals surface area contributed by atoms with Gasteiger partial charge in [-0.3, -0.25) is 0 Å². The lowest BCUT2D eigenvalue weighted by Gasteiger charge is -2.14. The van der Waals surface area contributed by atoms with Crippen molar-refractivity contribution in [1.82, 2.24) is 0 Å². The van der Waals surface area contributed by atoms with E-state index >= 15 is 0 Å². The van der Waals surface area contributed by atoms with Crippen LogP contribution in [0.15, 0.2) is 23.4 Å². The molecule has 0 saturated carbocycles. The number of benzene rings is 1. The minimum Gasteiger partial charge on any atom is -0.168 e. The zero-order valence-electron chi connectivity index (χ0n) is 8.30. The van der Waals surface area contributed by atoms with Crippen LogP contribution in [0.25, 0.3) is 0 Å².